The van der Waals surface area contributed by atoms with E-state index in [9.17, 15) is 4.79 Å². The molecule has 5 heteroatoms. The lowest BCUT2D eigenvalue weighted by Crippen LogP contribution is -2.41. The van der Waals surface area contributed by atoms with Crippen LogP contribution in [0, 0.1) is 0 Å². The van der Waals surface area contributed by atoms with E-state index in [4.69, 9.17) is 9.47 Å². The number of hydrogen-bond donors (Lipinski definition) is 1. The number of carbonyl (C=O) groups is 1. The number of rotatable bonds is 4. The molecule has 1 N–H and O–H groups in total. The van der Waals surface area contributed by atoms with Gasteiger partial charge in [-0.05, 0) is 0 Å². The van der Waals surface area contributed by atoms with Gasteiger partial charge in [0.2, 0.25) is 5.91 Å². The number of nitrogens with one attached hydrogen (secondary N) is 1. The molecule has 14 heavy (non-hydrogen) atoms. The van der Waals surface area contributed by atoms with E-state index in [1.54, 1.807) is 19.0 Å². The molecule has 1 fully saturated rings. The van der Waals surface area contributed by atoms with Crippen LogP contribution in [0.5, 0.6) is 0 Å². The van der Waals surface area contributed by atoms with Crippen molar-refractivity contribution in [3.05, 3.63) is 0 Å². The molecule has 1 aliphatic rings. The first kappa shape index (κ1) is 11.4. The zero-order valence-electron chi connectivity index (χ0n) is 8.78. The summed E-state index contributed by atoms with van der Waals surface area (Å²) in [5.41, 5.74) is 0. The number of nitrogens with zero attached hydrogens (tertiary/aromatic N) is 1. The van der Waals surface area contributed by atoms with Gasteiger partial charge < -0.3 is 19.7 Å². The van der Waals surface area contributed by atoms with Crippen molar-refractivity contribution in [1.29, 1.82) is 0 Å². The number of hydrogen-bond acceptors (Lipinski definition) is 4. The summed E-state index contributed by atoms with van der Waals surface area (Å²) >= 11 is 0. The fourth-order valence-corrected chi connectivity index (χ4v) is 1.15. The lowest BCUT2D eigenvalue weighted by atomic mass is 10.3. The lowest BCUT2D eigenvalue weighted by molar-refractivity contribution is -0.128. The predicted octanol–water partition coefficient (Wildman–Crippen LogP) is -0.920. The van der Waals surface area contributed by atoms with E-state index < -0.39 is 0 Å². The Balaban J connectivity index is 2.05. The van der Waals surface area contributed by atoms with Crippen LogP contribution >= 0.6 is 0 Å². The fraction of sp³-hybridized carbons (Fsp3) is 0.889. The van der Waals surface area contributed by atoms with Crippen molar-refractivity contribution in [2.75, 3.05) is 47.0 Å². The van der Waals surface area contributed by atoms with Gasteiger partial charge in [-0.3, -0.25) is 4.79 Å². The standard InChI is InChI=1S/C9H18N2O3/c1-11(2)9(12)6-10-5-8-7-13-3-4-14-8/h8,10H,3-7H2,1-2H3. The SMILES string of the molecule is CN(C)C(=O)CNCC1COCCO1. The van der Waals surface area contributed by atoms with E-state index in [1.807, 2.05) is 0 Å². The van der Waals surface area contributed by atoms with E-state index in [0.29, 0.717) is 32.9 Å². The first-order valence-corrected chi connectivity index (χ1v) is 4.80. The van der Waals surface area contributed by atoms with Crippen molar-refractivity contribution in [3.63, 3.8) is 0 Å². The summed E-state index contributed by atoms with van der Waals surface area (Å²) < 4.78 is 10.6. The highest BCUT2D eigenvalue weighted by Gasteiger charge is 2.14. The largest absolute Gasteiger partial charge is 0.376 e. The Bertz CT molecular complexity index is 179. The fourth-order valence-electron chi connectivity index (χ4n) is 1.15. The summed E-state index contributed by atoms with van der Waals surface area (Å²) in [5.74, 6) is 0.0710. The minimum Gasteiger partial charge on any atom is -0.376 e. The third-order valence-corrected chi connectivity index (χ3v) is 2.03. The smallest absolute Gasteiger partial charge is 0.236 e. The molecule has 0 aromatic rings. The van der Waals surface area contributed by atoms with Crippen LogP contribution in [0.2, 0.25) is 0 Å². The van der Waals surface area contributed by atoms with Crippen LogP contribution in [0.4, 0.5) is 0 Å². The third kappa shape index (κ3) is 4.04. The van der Waals surface area contributed by atoms with E-state index >= 15 is 0 Å². The van der Waals surface area contributed by atoms with Gasteiger partial charge in [0.15, 0.2) is 0 Å². The molecule has 0 aromatic heterocycles. The molecule has 0 aliphatic carbocycles. The molecule has 1 unspecified atom stereocenters. The molecule has 1 saturated heterocycles. The van der Waals surface area contributed by atoms with Crippen LogP contribution < -0.4 is 5.32 Å². The van der Waals surface area contributed by atoms with Crippen LogP contribution in [0.15, 0.2) is 0 Å². The minimum atomic E-state index is 0.0710. The van der Waals surface area contributed by atoms with Gasteiger partial charge in [-0.25, -0.2) is 0 Å². The second kappa shape index (κ2) is 5.95. The topological polar surface area (TPSA) is 50.8 Å². The molecular formula is C9H18N2O3. The lowest BCUT2D eigenvalue weighted by Gasteiger charge is -2.23. The van der Waals surface area contributed by atoms with Crippen molar-refractivity contribution in [3.8, 4) is 0 Å². The Morgan fingerprint density at radius 2 is 2.29 bits per heavy atom. The van der Waals surface area contributed by atoms with Gasteiger partial charge in [0, 0.05) is 20.6 Å². The van der Waals surface area contributed by atoms with Gasteiger partial charge in [0.1, 0.15) is 0 Å². The second-order valence-corrected chi connectivity index (χ2v) is 3.49. The Kier molecular flexibility index (Phi) is 4.86. The molecule has 0 bridgehead atoms. The molecular weight excluding hydrogens is 184 g/mol. The number of ether oxygens (including phenoxy) is 2. The Labute approximate surface area is 84.4 Å². The molecule has 0 spiro atoms. The molecule has 0 radical (unpaired) electrons. The molecule has 1 heterocycles. The maximum atomic E-state index is 11.2. The Morgan fingerprint density at radius 3 is 2.86 bits per heavy atom. The van der Waals surface area contributed by atoms with Gasteiger partial charge in [-0.2, -0.15) is 0 Å². The molecule has 0 saturated carbocycles. The average Bonchev–Trinajstić information content (AvgIpc) is 2.19. The van der Waals surface area contributed by atoms with Gasteiger partial charge >= 0.3 is 0 Å². The molecule has 5 nitrogen and oxygen atoms in total. The second-order valence-electron chi connectivity index (χ2n) is 3.49. The molecule has 0 aromatic carbocycles. The van der Waals surface area contributed by atoms with Gasteiger partial charge in [0.05, 0.1) is 32.5 Å². The van der Waals surface area contributed by atoms with Gasteiger partial charge in [-0.15, -0.1) is 0 Å². The Hall–Kier alpha value is -0.650. The maximum Gasteiger partial charge on any atom is 0.236 e. The van der Waals surface area contributed by atoms with E-state index in [2.05, 4.69) is 5.32 Å². The highest BCUT2D eigenvalue weighted by molar-refractivity contribution is 5.77. The predicted molar refractivity (Wildman–Crippen MR) is 52.1 cm³/mol. The summed E-state index contributed by atoms with van der Waals surface area (Å²) in [6.07, 6.45) is 0.0821. The monoisotopic (exact) mass is 202 g/mol. The van der Waals surface area contributed by atoms with Crippen LogP contribution in [-0.2, 0) is 14.3 Å². The highest BCUT2D eigenvalue weighted by atomic mass is 16.6. The zero-order chi connectivity index (χ0) is 10.4. The van der Waals surface area contributed by atoms with Crippen LogP contribution in [0.25, 0.3) is 0 Å². The summed E-state index contributed by atoms with van der Waals surface area (Å²) in [5, 5.41) is 3.04. The molecule has 82 valence electrons. The van der Waals surface area contributed by atoms with Crippen LogP contribution in [0.1, 0.15) is 0 Å². The van der Waals surface area contributed by atoms with Crippen molar-refractivity contribution < 1.29 is 14.3 Å². The van der Waals surface area contributed by atoms with E-state index in [0.717, 1.165) is 0 Å². The number of likely N-dealkylation sites (N-methyl/N-ethyl adjacent to an activating group) is 1. The van der Waals surface area contributed by atoms with Crippen molar-refractivity contribution >= 4 is 5.91 Å². The van der Waals surface area contributed by atoms with Gasteiger partial charge in [-0.1, -0.05) is 0 Å². The molecule has 1 atom stereocenters. The minimum absolute atomic E-state index is 0.0710. The first-order chi connectivity index (χ1) is 6.70. The summed E-state index contributed by atoms with van der Waals surface area (Å²) in [6, 6.07) is 0. The first-order valence-electron chi connectivity index (χ1n) is 4.80. The number of amides is 1. The number of carbonyl (C=O) groups excluding carboxylic acids is 1. The zero-order valence-corrected chi connectivity index (χ0v) is 8.78. The third-order valence-electron chi connectivity index (χ3n) is 2.03. The summed E-state index contributed by atoms with van der Waals surface area (Å²) in [7, 11) is 3.48. The van der Waals surface area contributed by atoms with Crippen molar-refractivity contribution in [2.24, 2.45) is 0 Å². The quantitative estimate of drug-likeness (QED) is 0.640. The maximum absolute atomic E-state index is 11.2. The summed E-state index contributed by atoms with van der Waals surface area (Å²) in [4.78, 5) is 12.7. The molecule has 1 amide bonds. The normalized spacial score (nSPS) is 22.0. The van der Waals surface area contributed by atoms with Crippen molar-refractivity contribution in [1.82, 2.24) is 10.2 Å². The Morgan fingerprint density at radius 1 is 1.50 bits per heavy atom. The highest BCUT2D eigenvalue weighted by Crippen LogP contribution is 1.98. The van der Waals surface area contributed by atoms with Crippen LogP contribution in [0.3, 0.4) is 0 Å². The summed E-state index contributed by atoms with van der Waals surface area (Å²) in [6.45, 7) is 2.96. The van der Waals surface area contributed by atoms with Crippen LogP contribution in [-0.4, -0.2) is 63.9 Å². The van der Waals surface area contributed by atoms with E-state index in [-0.39, 0.29) is 12.0 Å². The molecule has 1 aliphatic heterocycles. The molecule has 1 rings (SSSR count). The van der Waals surface area contributed by atoms with Gasteiger partial charge in [0.25, 0.3) is 0 Å². The van der Waals surface area contributed by atoms with E-state index in [1.165, 1.54) is 0 Å². The van der Waals surface area contributed by atoms with Crippen molar-refractivity contribution in [2.45, 2.75) is 6.10 Å². The average molecular weight is 202 g/mol.